The van der Waals surface area contributed by atoms with Gasteiger partial charge in [-0.2, -0.15) is 5.26 Å². The Morgan fingerprint density at radius 1 is 1.47 bits per heavy atom. The summed E-state index contributed by atoms with van der Waals surface area (Å²) in [5.41, 5.74) is 1.13. The summed E-state index contributed by atoms with van der Waals surface area (Å²) < 4.78 is 0. The van der Waals surface area contributed by atoms with Crippen LogP contribution in [-0.4, -0.2) is 37.1 Å². The molecule has 0 saturated carbocycles. The molecule has 2 unspecified atom stereocenters. The monoisotopic (exact) mass is 229 g/mol. The van der Waals surface area contributed by atoms with Gasteiger partial charge in [0.1, 0.15) is 0 Å². The molecule has 17 heavy (non-hydrogen) atoms. The van der Waals surface area contributed by atoms with E-state index in [-0.39, 0.29) is 5.92 Å². The van der Waals surface area contributed by atoms with Gasteiger partial charge in [0.25, 0.3) is 0 Å². The maximum absolute atomic E-state index is 9.28. The molecule has 1 heterocycles. The SMILES string of the molecule is CC1CN(CC(C#N)c2ccccc2)CCN1. The number of rotatable bonds is 3. The number of hydrogen-bond donors (Lipinski definition) is 1. The fourth-order valence-corrected chi connectivity index (χ4v) is 2.34. The fraction of sp³-hybridized carbons (Fsp3) is 0.500. The predicted molar refractivity (Wildman–Crippen MR) is 68.7 cm³/mol. The minimum absolute atomic E-state index is 0.0125. The highest BCUT2D eigenvalue weighted by Crippen LogP contribution is 2.16. The Kier molecular flexibility index (Phi) is 4.13. The van der Waals surface area contributed by atoms with E-state index in [4.69, 9.17) is 0 Å². The average molecular weight is 229 g/mol. The van der Waals surface area contributed by atoms with E-state index < -0.39 is 0 Å². The molecule has 0 spiro atoms. The van der Waals surface area contributed by atoms with Crippen molar-refractivity contribution in [1.29, 1.82) is 5.26 Å². The van der Waals surface area contributed by atoms with Crippen LogP contribution in [0.25, 0.3) is 0 Å². The van der Waals surface area contributed by atoms with Gasteiger partial charge in [-0.3, -0.25) is 4.90 Å². The highest BCUT2D eigenvalue weighted by Gasteiger charge is 2.20. The van der Waals surface area contributed by atoms with Crippen LogP contribution >= 0.6 is 0 Å². The Morgan fingerprint density at radius 2 is 2.24 bits per heavy atom. The molecule has 1 aliphatic heterocycles. The summed E-state index contributed by atoms with van der Waals surface area (Å²) in [6.07, 6.45) is 0. The first kappa shape index (κ1) is 12.1. The van der Waals surface area contributed by atoms with Gasteiger partial charge in [0, 0.05) is 32.2 Å². The van der Waals surface area contributed by atoms with Crippen molar-refractivity contribution in [3.63, 3.8) is 0 Å². The summed E-state index contributed by atoms with van der Waals surface area (Å²) in [4.78, 5) is 2.38. The molecule has 3 nitrogen and oxygen atoms in total. The lowest BCUT2D eigenvalue weighted by Gasteiger charge is -2.32. The van der Waals surface area contributed by atoms with E-state index >= 15 is 0 Å². The number of nitrogens with zero attached hydrogens (tertiary/aromatic N) is 2. The second-order valence-corrected chi connectivity index (χ2v) is 4.71. The minimum atomic E-state index is -0.0125. The fourth-order valence-electron chi connectivity index (χ4n) is 2.34. The Hall–Kier alpha value is -1.37. The third-order valence-electron chi connectivity index (χ3n) is 3.25. The molecular formula is C14H19N3. The van der Waals surface area contributed by atoms with E-state index in [0.29, 0.717) is 6.04 Å². The zero-order chi connectivity index (χ0) is 12.1. The largest absolute Gasteiger partial charge is 0.312 e. The average Bonchev–Trinajstić information content (AvgIpc) is 2.37. The van der Waals surface area contributed by atoms with Crippen molar-refractivity contribution in [1.82, 2.24) is 10.2 Å². The van der Waals surface area contributed by atoms with Crippen molar-refractivity contribution in [2.45, 2.75) is 18.9 Å². The molecule has 3 heteroatoms. The van der Waals surface area contributed by atoms with Gasteiger partial charge in [-0.1, -0.05) is 30.3 Å². The van der Waals surface area contributed by atoms with E-state index in [1.165, 1.54) is 0 Å². The van der Waals surface area contributed by atoms with Gasteiger partial charge >= 0.3 is 0 Å². The summed E-state index contributed by atoms with van der Waals surface area (Å²) >= 11 is 0. The van der Waals surface area contributed by atoms with Crippen LogP contribution in [0.4, 0.5) is 0 Å². The third kappa shape index (κ3) is 3.29. The molecule has 0 bridgehead atoms. The Morgan fingerprint density at radius 3 is 2.88 bits per heavy atom. The lowest BCUT2D eigenvalue weighted by molar-refractivity contribution is 0.204. The lowest BCUT2D eigenvalue weighted by Crippen LogP contribution is -2.50. The summed E-state index contributed by atoms with van der Waals surface area (Å²) in [7, 11) is 0. The predicted octanol–water partition coefficient (Wildman–Crippen LogP) is 1.59. The number of hydrogen-bond acceptors (Lipinski definition) is 3. The van der Waals surface area contributed by atoms with Crippen LogP contribution in [0.5, 0.6) is 0 Å². The maximum Gasteiger partial charge on any atom is 0.0839 e. The normalized spacial score (nSPS) is 22.9. The van der Waals surface area contributed by atoms with Crippen molar-refractivity contribution in [3.05, 3.63) is 35.9 Å². The standard InChI is InChI=1S/C14H19N3/c1-12-10-17(8-7-16-12)11-14(9-15)13-5-3-2-4-6-13/h2-6,12,14,16H,7-8,10-11H2,1H3. The molecule has 0 amide bonds. The molecular weight excluding hydrogens is 210 g/mol. The number of nitriles is 1. The van der Waals surface area contributed by atoms with Gasteiger partial charge < -0.3 is 5.32 Å². The molecule has 1 aromatic rings. The number of piperazine rings is 1. The van der Waals surface area contributed by atoms with Gasteiger partial charge in [0.15, 0.2) is 0 Å². The zero-order valence-corrected chi connectivity index (χ0v) is 10.3. The second kappa shape index (κ2) is 5.81. The van der Waals surface area contributed by atoms with Crippen molar-refractivity contribution in [3.8, 4) is 6.07 Å². The molecule has 1 saturated heterocycles. The summed E-state index contributed by atoms with van der Waals surface area (Å²) in [5.74, 6) is -0.0125. The van der Waals surface area contributed by atoms with E-state index in [1.54, 1.807) is 0 Å². The third-order valence-corrected chi connectivity index (χ3v) is 3.25. The molecule has 1 N–H and O–H groups in total. The summed E-state index contributed by atoms with van der Waals surface area (Å²) in [5, 5.41) is 12.7. The van der Waals surface area contributed by atoms with Gasteiger partial charge in [0.2, 0.25) is 0 Å². The van der Waals surface area contributed by atoms with Gasteiger partial charge in [-0.05, 0) is 12.5 Å². The van der Waals surface area contributed by atoms with E-state index in [2.05, 4.69) is 23.2 Å². The van der Waals surface area contributed by atoms with Crippen LogP contribution in [0, 0.1) is 11.3 Å². The quantitative estimate of drug-likeness (QED) is 0.855. The molecule has 1 fully saturated rings. The molecule has 2 atom stereocenters. The first-order valence-electron chi connectivity index (χ1n) is 6.20. The smallest absolute Gasteiger partial charge is 0.0839 e. The molecule has 90 valence electrons. The summed E-state index contributed by atoms with van der Waals surface area (Å²) in [6, 6.07) is 13.0. The van der Waals surface area contributed by atoms with Gasteiger partial charge in [0.05, 0.1) is 12.0 Å². The first-order valence-corrected chi connectivity index (χ1v) is 6.20. The van der Waals surface area contributed by atoms with E-state index in [1.807, 2.05) is 30.3 Å². The van der Waals surface area contributed by atoms with Crippen LogP contribution in [0.3, 0.4) is 0 Å². The van der Waals surface area contributed by atoms with Crippen LogP contribution in [-0.2, 0) is 0 Å². The van der Waals surface area contributed by atoms with Gasteiger partial charge in [-0.25, -0.2) is 0 Å². The van der Waals surface area contributed by atoms with Crippen LogP contribution in [0.2, 0.25) is 0 Å². The molecule has 0 aliphatic carbocycles. The number of nitrogens with one attached hydrogen (secondary N) is 1. The van der Waals surface area contributed by atoms with Crippen molar-refractivity contribution in [2.24, 2.45) is 0 Å². The number of benzene rings is 1. The lowest BCUT2D eigenvalue weighted by atomic mass is 9.99. The second-order valence-electron chi connectivity index (χ2n) is 4.71. The molecule has 1 aromatic carbocycles. The summed E-state index contributed by atoms with van der Waals surface area (Å²) in [6.45, 7) is 6.12. The van der Waals surface area contributed by atoms with E-state index in [0.717, 1.165) is 31.7 Å². The molecule has 2 rings (SSSR count). The van der Waals surface area contributed by atoms with Crippen molar-refractivity contribution in [2.75, 3.05) is 26.2 Å². The van der Waals surface area contributed by atoms with Crippen molar-refractivity contribution < 1.29 is 0 Å². The molecule has 0 aromatic heterocycles. The topological polar surface area (TPSA) is 39.1 Å². The first-order chi connectivity index (χ1) is 8.29. The Labute approximate surface area is 103 Å². The van der Waals surface area contributed by atoms with Crippen LogP contribution < -0.4 is 5.32 Å². The Bertz CT molecular complexity index is 382. The minimum Gasteiger partial charge on any atom is -0.312 e. The highest BCUT2D eigenvalue weighted by molar-refractivity contribution is 5.25. The van der Waals surface area contributed by atoms with Crippen molar-refractivity contribution >= 4 is 0 Å². The van der Waals surface area contributed by atoms with Crippen LogP contribution in [0.15, 0.2) is 30.3 Å². The maximum atomic E-state index is 9.28. The molecule has 1 aliphatic rings. The zero-order valence-electron chi connectivity index (χ0n) is 10.3. The molecule has 0 radical (unpaired) electrons. The van der Waals surface area contributed by atoms with Crippen LogP contribution in [0.1, 0.15) is 18.4 Å². The van der Waals surface area contributed by atoms with E-state index in [9.17, 15) is 5.26 Å². The Balaban J connectivity index is 1.99. The highest BCUT2D eigenvalue weighted by atomic mass is 15.2. The van der Waals surface area contributed by atoms with Gasteiger partial charge in [-0.15, -0.1) is 0 Å².